The molecule has 0 unspecified atom stereocenters. The Hall–Kier alpha value is -1.64. The van der Waals surface area contributed by atoms with Crippen molar-refractivity contribution >= 4 is 51.1 Å². The maximum atomic E-state index is 11.8. The lowest BCUT2D eigenvalue weighted by atomic mass is 10.3. The normalized spacial score (nSPS) is 10.4. The molecule has 21 heavy (non-hydrogen) atoms. The van der Waals surface area contributed by atoms with Gasteiger partial charge in [0.15, 0.2) is 0 Å². The molecule has 0 bridgehead atoms. The Balaban J connectivity index is 2.68. The highest BCUT2D eigenvalue weighted by Crippen LogP contribution is 2.25. The number of nitrogens with zero attached hydrogens (tertiary/aromatic N) is 1. The third kappa shape index (κ3) is 6.56. The van der Waals surface area contributed by atoms with E-state index in [2.05, 4.69) is 21.2 Å². The molecule has 3 N–H and O–H groups in total. The zero-order valence-corrected chi connectivity index (χ0v) is 13.0. The average molecular weight is 380 g/mol. The van der Waals surface area contributed by atoms with E-state index < -0.39 is 30.9 Å². The van der Waals surface area contributed by atoms with Crippen molar-refractivity contribution in [1.29, 1.82) is 0 Å². The van der Waals surface area contributed by atoms with Crippen molar-refractivity contribution in [2.45, 2.75) is 0 Å². The first kappa shape index (κ1) is 17.4. The van der Waals surface area contributed by atoms with Gasteiger partial charge >= 0.3 is 11.9 Å². The molecule has 0 saturated heterocycles. The molecule has 0 heterocycles. The SMILES string of the molecule is O=C(O)CN(CC(=O)O)CC(=O)Nc1ccc(Br)cc1Cl. The van der Waals surface area contributed by atoms with Crippen molar-refractivity contribution in [2.75, 3.05) is 25.0 Å². The second-order valence-electron chi connectivity index (χ2n) is 4.10. The van der Waals surface area contributed by atoms with Gasteiger partial charge in [0, 0.05) is 4.47 Å². The van der Waals surface area contributed by atoms with Gasteiger partial charge in [0.25, 0.3) is 0 Å². The van der Waals surface area contributed by atoms with Crippen LogP contribution >= 0.6 is 27.5 Å². The highest BCUT2D eigenvalue weighted by atomic mass is 79.9. The maximum absolute atomic E-state index is 11.8. The van der Waals surface area contributed by atoms with Gasteiger partial charge in [-0.15, -0.1) is 0 Å². The minimum absolute atomic E-state index is 0.306. The first-order chi connectivity index (χ1) is 9.77. The van der Waals surface area contributed by atoms with E-state index in [1.165, 1.54) is 0 Å². The fourth-order valence-electron chi connectivity index (χ4n) is 1.53. The van der Waals surface area contributed by atoms with Gasteiger partial charge in [-0.1, -0.05) is 27.5 Å². The van der Waals surface area contributed by atoms with Crippen molar-refractivity contribution < 1.29 is 24.6 Å². The van der Waals surface area contributed by atoms with E-state index in [1.54, 1.807) is 18.2 Å². The van der Waals surface area contributed by atoms with Crippen molar-refractivity contribution in [1.82, 2.24) is 4.90 Å². The first-order valence-corrected chi connectivity index (χ1v) is 6.86. The smallest absolute Gasteiger partial charge is 0.317 e. The minimum atomic E-state index is -1.22. The van der Waals surface area contributed by atoms with Crippen LogP contribution in [0.5, 0.6) is 0 Å². The molecule has 0 saturated carbocycles. The van der Waals surface area contributed by atoms with Gasteiger partial charge in [-0.3, -0.25) is 19.3 Å². The molecule has 0 aliphatic carbocycles. The van der Waals surface area contributed by atoms with Gasteiger partial charge in [-0.05, 0) is 18.2 Å². The van der Waals surface area contributed by atoms with Crippen LogP contribution in [0.2, 0.25) is 5.02 Å². The van der Waals surface area contributed by atoms with E-state index >= 15 is 0 Å². The van der Waals surface area contributed by atoms with Crippen LogP contribution in [0.1, 0.15) is 0 Å². The predicted octanol–water partition coefficient (Wildman–Crippen LogP) is 1.51. The summed E-state index contributed by atoms with van der Waals surface area (Å²) in [5.41, 5.74) is 0.357. The molecule has 0 radical (unpaired) electrons. The summed E-state index contributed by atoms with van der Waals surface area (Å²) in [5, 5.41) is 20.2. The van der Waals surface area contributed by atoms with E-state index in [-0.39, 0.29) is 6.54 Å². The number of rotatable bonds is 7. The molecule has 1 rings (SSSR count). The lowest BCUT2D eigenvalue weighted by Crippen LogP contribution is -2.40. The summed E-state index contributed by atoms with van der Waals surface area (Å²) in [7, 11) is 0. The molecule has 0 aliphatic rings. The highest BCUT2D eigenvalue weighted by molar-refractivity contribution is 9.10. The number of carboxylic acids is 2. The molecule has 0 spiro atoms. The zero-order valence-electron chi connectivity index (χ0n) is 10.7. The van der Waals surface area contributed by atoms with Crippen molar-refractivity contribution in [2.24, 2.45) is 0 Å². The van der Waals surface area contributed by atoms with Crippen LogP contribution in [-0.4, -0.2) is 52.6 Å². The summed E-state index contributed by atoms with van der Waals surface area (Å²) in [4.78, 5) is 34.1. The molecular weight excluding hydrogens is 367 g/mol. The van der Waals surface area contributed by atoms with Crippen molar-refractivity contribution in [3.63, 3.8) is 0 Å². The molecule has 114 valence electrons. The Labute approximate surface area is 133 Å². The van der Waals surface area contributed by atoms with Crippen LogP contribution in [0.4, 0.5) is 5.69 Å². The minimum Gasteiger partial charge on any atom is -0.480 e. The van der Waals surface area contributed by atoms with Crippen LogP contribution in [0.25, 0.3) is 0 Å². The fourth-order valence-corrected chi connectivity index (χ4v) is 2.25. The second kappa shape index (κ2) is 7.96. The number of benzene rings is 1. The maximum Gasteiger partial charge on any atom is 0.317 e. The summed E-state index contributed by atoms with van der Waals surface area (Å²) < 4.78 is 0.740. The predicted molar refractivity (Wildman–Crippen MR) is 79.5 cm³/mol. The van der Waals surface area contributed by atoms with Gasteiger partial charge in [0.2, 0.25) is 5.91 Å². The van der Waals surface area contributed by atoms with Crippen LogP contribution < -0.4 is 5.32 Å². The van der Waals surface area contributed by atoms with E-state index in [0.29, 0.717) is 10.7 Å². The van der Waals surface area contributed by atoms with Gasteiger partial charge in [-0.2, -0.15) is 0 Å². The standard InChI is InChI=1S/C12H12BrClN2O5/c13-7-1-2-9(8(14)3-7)15-10(17)4-16(5-11(18)19)6-12(20)21/h1-3H,4-6H2,(H,15,17)(H,18,19)(H,20,21). The van der Waals surface area contributed by atoms with Gasteiger partial charge < -0.3 is 15.5 Å². The number of carbonyl (C=O) groups is 3. The van der Waals surface area contributed by atoms with Gasteiger partial charge in [0.05, 0.1) is 30.3 Å². The first-order valence-electron chi connectivity index (χ1n) is 5.68. The largest absolute Gasteiger partial charge is 0.480 e. The Kier molecular flexibility index (Phi) is 6.60. The molecule has 1 amide bonds. The second-order valence-corrected chi connectivity index (χ2v) is 5.43. The Morgan fingerprint density at radius 2 is 1.71 bits per heavy atom. The monoisotopic (exact) mass is 378 g/mol. The lowest BCUT2D eigenvalue weighted by Gasteiger charge is -2.17. The summed E-state index contributed by atoms with van der Waals surface area (Å²) in [5.74, 6) is -2.99. The van der Waals surface area contributed by atoms with E-state index in [0.717, 1.165) is 9.37 Å². The Bertz CT molecular complexity index is 551. The van der Waals surface area contributed by atoms with E-state index in [9.17, 15) is 14.4 Å². The number of anilines is 1. The number of carbonyl (C=O) groups excluding carboxylic acids is 1. The number of aliphatic carboxylic acids is 2. The summed E-state index contributed by atoms with van der Waals surface area (Å²) >= 11 is 9.15. The topological polar surface area (TPSA) is 107 Å². The third-order valence-electron chi connectivity index (χ3n) is 2.29. The number of halogens is 2. The Morgan fingerprint density at radius 3 is 2.19 bits per heavy atom. The van der Waals surface area contributed by atoms with Crippen LogP contribution in [0, 0.1) is 0 Å². The summed E-state index contributed by atoms with van der Waals surface area (Å²) in [6, 6.07) is 4.83. The van der Waals surface area contributed by atoms with Crippen molar-refractivity contribution in [3.05, 3.63) is 27.7 Å². The highest BCUT2D eigenvalue weighted by Gasteiger charge is 2.17. The summed E-state index contributed by atoms with van der Waals surface area (Å²) in [6.07, 6.45) is 0. The molecule has 0 aliphatic heterocycles. The van der Waals surface area contributed by atoms with Crippen molar-refractivity contribution in [3.8, 4) is 0 Å². The van der Waals surface area contributed by atoms with Gasteiger partial charge in [-0.25, -0.2) is 0 Å². The lowest BCUT2D eigenvalue weighted by molar-refractivity contribution is -0.142. The van der Waals surface area contributed by atoms with E-state index in [4.69, 9.17) is 21.8 Å². The molecule has 1 aromatic rings. The number of hydrogen-bond acceptors (Lipinski definition) is 4. The third-order valence-corrected chi connectivity index (χ3v) is 3.10. The molecule has 9 heteroatoms. The molecule has 1 aromatic carbocycles. The number of hydrogen-bond donors (Lipinski definition) is 3. The molecule has 0 aromatic heterocycles. The average Bonchev–Trinajstić information content (AvgIpc) is 2.30. The molecule has 0 atom stereocenters. The van der Waals surface area contributed by atoms with Crippen LogP contribution in [0.3, 0.4) is 0 Å². The zero-order chi connectivity index (χ0) is 16.0. The summed E-state index contributed by atoms with van der Waals surface area (Å²) in [6.45, 7) is -1.47. The fraction of sp³-hybridized carbons (Fsp3) is 0.250. The van der Waals surface area contributed by atoms with E-state index in [1.807, 2.05) is 0 Å². The van der Waals surface area contributed by atoms with Crippen LogP contribution in [-0.2, 0) is 14.4 Å². The van der Waals surface area contributed by atoms with Gasteiger partial charge in [0.1, 0.15) is 0 Å². The number of nitrogens with one attached hydrogen (secondary N) is 1. The van der Waals surface area contributed by atoms with Crippen LogP contribution in [0.15, 0.2) is 22.7 Å². The number of amides is 1. The molecular formula is C12H12BrClN2O5. The quantitative estimate of drug-likeness (QED) is 0.663. The Morgan fingerprint density at radius 1 is 1.14 bits per heavy atom. The molecule has 0 fully saturated rings. The molecule has 7 nitrogen and oxygen atoms in total. The number of carboxylic acid groups (broad SMARTS) is 2.